The summed E-state index contributed by atoms with van der Waals surface area (Å²) in [7, 11) is 0. The number of aromatic nitrogens is 3. The molecule has 4 heteroatoms. The molecule has 0 saturated heterocycles. The molecule has 3 heterocycles. The minimum absolute atomic E-state index is 0.704. The van der Waals surface area contributed by atoms with Crippen molar-refractivity contribution < 1.29 is 0 Å². The molecule has 0 fully saturated rings. The van der Waals surface area contributed by atoms with Gasteiger partial charge in [-0.2, -0.15) is 0 Å². The molecule has 240 valence electrons. The van der Waals surface area contributed by atoms with Crippen molar-refractivity contribution >= 4 is 44.0 Å². The first kappa shape index (κ1) is 29.3. The van der Waals surface area contributed by atoms with Gasteiger partial charge < -0.3 is 4.57 Å². The highest BCUT2D eigenvalue weighted by molar-refractivity contribution is 6.22. The van der Waals surface area contributed by atoms with Crippen LogP contribution in [-0.4, -0.2) is 20.2 Å². The maximum atomic E-state index is 5.24. The second-order valence-corrected chi connectivity index (χ2v) is 13.1. The lowest BCUT2D eigenvalue weighted by Gasteiger charge is -2.19. The van der Waals surface area contributed by atoms with Crippen molar-refractivity contribution in [1.82, 2.24) is 14.5 Å². The topological polar surface area (TPSA) is 43.1 Å². The smallest absolute Gasteiger partial charge is 0.160 e. The highest BCUT2D eigenvalue weighted by atomic mass is 15.0. The Morgan fingerprint density at radius 2 is 1.10 bits per heavy atom. The third-order valence-electron chi connectivity index (χ3n) is 10.1. The Kier molecular flexibility index (Phi) is 6.91. The van der Waals surface area contributed by atoms with E-state index in [1.54, 1.807) is 0 Å². The molecule has 51 heavy (non-hydrogen) atoms. The molecule has 0 atom stereocenters. The number of aliphatic imine (C=N–C) groups is 1. The second kappa shape index (κ2) is 12.0. The predicted molar refractivity (Wildman–Crippen MR) is 211 cm³/mol. The van der Waals surface area contributed by atoms with Crippen molar-refractivity contribution in [2.24, 2.45) is 4.99 Å². The van der Waals surface area contributed by atoms with E-state index in [0.29, 0.717) is 5.82 Å². The summed E-state index contributed by atoms with van der Waals surface area (Å²) in [5.74, 6) is 0.704. The van der Waals surface area contributed by atoms with E-state index >= 15 is 0 Å². The van der Waals surface area contributed by atoms with Gasteiger partial charge in [0.1, 0.15) is 0 Å². The van der Waals surface area contributed by atoms with Crippen LogP contribution in [0.4, 0.5) is 5.69 Å². The fraction of sp³-hybridized carbons (Fsp3) is 0.0426. The normalized spacial score (nSPS) is 12.7. The molecule has 7 aromatic carbocycles. The molecule has 0 aliphatic carbocycles. The third kappa shape index (κ3) is 5.03. The van der Waals surface area contributed by atoms with Crippen LogP contribution in [0.5, 0.6) is 0 Å². The Morgan fingerprint density at radius 1 is 0.471 bits per heavy atom. The van der Waals surface area contributed by atoms with Crippen molar-refractivity contribution in [3.8, 4) is 39.6 Å². The number of rotatable bonds is 5. The molecule has 1 aliphatic heterocycles. The molecular formula is C47H32N4. The lowest BCUT2D eigenvalue weighted by atomic mass is 9.95. The van der Waals surface area contributed by atoms with Crippen LogP contribution in [0.2, 0.25) is 0 Å². The minimum Gasteiger partial charge on any atom is -0.309 e. The van der Waals surface area contributed by atoms with Gasteiger partial charge in [0.25, 0.3) is 0 Å². The maximum Gasteiger partial charge on any atom is 0.160 e. The molecule has 10 rings (SSSR count). The van der Waals surface area contributed by atoms with Crippen LogP contribution in [0.1, 0.15) is 17.5 Å². The first-order chi connectivity index (χ1) is 25.3. The Hall–Kier alpha value is -6.65. The number of fused-ring (bicyclic) bond motifs is 7. The molecule has 0 N–H and O–H groups in total. The third-order valence-corrected chi connectivity index (χ3v) is 10.1. The summed E-state index contributed by atoms with van der Waals surface area (Å²) in [4.78, 5) is 15.4. The van der Waals surface area contributed by atoms with E-state index in [-0.39, 0.29) is 0 Å². The number of nitrogens with zero attached hydrogens (tertiary/aromatic N) is 4. The SMILES string of the molecule is c1ccc(C2=Nc3ccc4c5c6ccccc6ccc5n(-c5ccc(-c6nc(-c7ccccc7)cc(-c7ccccc7)n6)cc5)c4c3CC2)cc1. The van der Waals surface area contributed by atoms with Crippen LogP contribution in [-0.2, 0) is 6.42 Å². The van der Waals surface area contributed by atoms with Crippen molar-refractivity contribution in [3.63, 3.8) is 0 Å². The van der Waals surface area contributed by atoms with E-state index in [1.807, 2.05) is 12.1 Å². The first-order valence-electron chi connectivity index (χ1n) is 17.5. The highest BCUT2D eigenvalue weighted by Gasteiger charge is 2.23. The molecule has 0 amide bonds. The summed E-state index contributed by atoms with van der Waals surface area (Å²) >= 11 is 0. The van der Waals surface area contributed by atoms with E-state index < -0.39 is 0 Å². The first-order valence-corrected chi connectivity index (χ1v) is 17.5. The fourth-order valence-corrected chi connectivity index (χ4v) is 7.69. The molecule has 1 aliphatic rings. The Morgan fingerprint density at radius 3 is 1.78 bits per heavy atom. The summed E-state index contributed by atoms with van der Waals surface area (Å²) in [6.45, 7) is 0. The van der Waals surface area contributed by atoms with E-state index in [1.165, 1.54) is 43.7 Å². The van der Waals surface area contributed by atoms with E-state index in [4.69, 9.17) is 15.0 Å². The largest absolute Gasteiger partial charge is 0.309 e. The zero-order valence-electron chi connectivity index (χ0n) is 27.9. The van der Waals surface area contributed by atoms with Crippen LogP contribution in [0.15, 0.2) is 175 Å². The number of hydrogen-bond acceptors (Lipinski definition) is 3. The summed E-state index contributed by atoms with van der Waals surface area (Å²) in [5, 5.41) is 5.04. The van der Waals surface area contributed by atoms with Gasteiger partial charge in [-0.3, -0.25) is 4.99 Å². The summed E-state index contributed by atoms with van der Waals surface area (Å²) in [6.07, 6.45) is 1.82. The van der Waals surface area contributed by atoms with E-state index in [9.17, 15) is 0 Å². The summed E-state index contributed by atoms with van der Waals surface area (Å²) < 4.78 is 2.44. The van der Waals surface area contributed by atoms with Gasteiger partial charge >= 0.3 is 0 Å². The van der Waals surface area contributed by atoms with Crippen LogP contribution in [0, 0.1) is 0 Å². The van der Waals surface area contributed by atoms with Crippen LogP contribution < -0.4 is 0 Å². The van der Waals surface area contributed by atoms with Crippen LogP contribution >= 0.6 is 0 Å². The van der Waals surface area contributed by atoms with E-state index in [0.717, 1.165) is 58.0 Å². The molecule has 0 radical (unpaired) electrons. The molecule has 9 aromatic rings. The second-order valence-electron chi connectivity index (χ2n) is 13.1. The van der Waals surface area contributed by atoms with Crippen molar-refractivity contribution in [3.05, 3.63) is 181 Å². The zero-order valence-corrected chi connectivity index (χ0v) is 27.9. The molecule has 2 aromatic heterocycles. The average molecular weight is 653 g/mol. The minimum atomic E-state index is 0.704. The number of benzene rings is 7. The van der Waals surface area contributed by atoms with Crippen LogP contribution in [0.3, 0.4) is 0 Å². The molecule has 0 bridgehead atoms. The van der Waals surface area contributed by atoms with Crippen LogP contribution in [0.25, 0.3) is 72.2 Å². The van der Waals surface area contributed by atoms with Gasteiger partial charge in [0, 0.05) is 44.4 Å². The van der Waals surface area contributed by atoms with Gasteiger partial charge in [-0.05, 0) is 71.6 Å². The lowest BCUT2D eigenvalue weighted by molar-refractivity contribution is 1.00. The molecular weight excluding hydrogens is 621 g/mol. The molecule has 0 saturated carbocycles. The molecule has 4 nitrogen and oxygen atoms in total. The lowest BCUT2D eigenvalue weighted by Crippen LogP contribution is -2.09. The zero-order chi connectivity index (χ0) is 33.7. The highest BCUT2D eigenvalue weighted by Crippen LogP contribution is 2.43. The van der Waals surface area contributed by atoms with Gasteiger partial charge in [-0.15, -0.1) is 0 Å². The average Bonchev–Trinajstić information content (AvgIpc) is 3.57. The van der Waals surface area contributed by atoms with Crippen molar-refractivity contribution in [1.29, 1.82) is 0 Å². The van der Waals surface area contributed by atoms with Crippen molar-refractivity contribution in [2.45, 2.75) is 12.8 Å². The number of aryl methyl sites for hydroxylation is 1. The van der Waals surface area contributed by atoms with E-state index in [2.05, 4.69) is 162 Å². The standard InChI is InChI=1S/C47H32N4/c1-4-13-32(14-5-1)40-27-25-38-41(48-40)28-26-39-45-37-19-11-10-12-31(37)22-29-44(45)51(46(38)39)36-23-20-35(21-24-36)47-49-42(33-15-6-2-7-16-33)30-43(50-47)34-17-8-3-9-18-34/h1-24,26,28-30H,25,27H2. The van der Waals surface area contributed by atoms with Gasteiger partial charge in [-0.1, -0.05) is 127 Å². The van der Waals surface area contributed by atoms with Gasteiger partial charge in [0.2, 0.25) is 0 Å². The summed E-state index contributed by atoms with van der Waals surface area (Å²) in [6, 6.07) is 59.8. The quantitative estimate of drug-likeness (QED) is 0.186. The van der Waals surface area contributed by atoms with Gasteiger partial charge in [0.15, 0.2) is 5.82 Å². The predicted octanol–water partition coefficient (Wildman–Crippen LogP) is 11.8. The summed E-state index contributed by atoms with van der Waals surface area (Å²) in [5.41, 5.74) is 13.1. The Bertz CT molecular complexity index is 2710. The number of hydrogen-bond donors (Lipinski definition) is 0. The van der Waals surface area contributed by atoms with Crippen molar-refractivity contribution in [2.75, 3.05) is 0 Å². The molecule has 0 spiro atoms. The van der Waals surface area contributed by atoms with Gasteiger partial charge in [-0.25, -0.2) is 9.97 Å². The van der Waals surface area contributed by atoms with Gasteiger partial charge in [0.05, 0.1) is 28.1 Å². The Balaban J connectivity index is 1.16. The Labute approximate surface area is 296 Å². The maximum absolute atomic E-state index is 5.24. The fourth-order valence-electron chi connectivity index (χ4n) is 7.69. The molecule has 0 unspecified atom stereocenters. The monoisotopic (exact) mass is 652 g/mol.